The Labute approximate surface area is 543 Å². The Morgan fingerprint density at radius 1 is 0.315 bits per heavy atom. The van der Waals surface area contributed by atoms with Crippen LogP contribution in [0.25, 0.3) is 0 Å². The molecule has 0 aliphatic heterocycles. The number of rotatable bonds is 67. The average Bonchev–Trinajstić information content (AvgIpc) is 3.60. The van der Waals surface area contributed by atoms with Crippen LogP contribution in [0.4, 0.5) is 0 Å². The molecule has 0 aromatic rings. The van der Waals surface area contributed by atoms with Crippen molar-refractivity contribution < 1.29 is 80.2 Å². The fraction of sp³-hybridized carbons (Fsp3) is 0.943. The number of aliphatic hydroxyl groups excluding tert-OH is 1. The summed E-state index contributed by atoms with van der Waals surface area (Å²) in [5.74, 6) is 0.870. The van der Waals surface area contributed by atoms with Gasteiger partial charge < -0.3 is 33.8 Å². The molecule has 0 rings (SSSR count). The molecule has 0 fully saturated rings. The Morgan fingerprint density at radius 2 is 0.539 bits per heavy atom. The maximum Gasteiger partial charge on any atom is 0.472 e. The Balaban J connectivity index is 5.27. The van der Waals surface area contributed by atoms with Crippen LogP contribution < -0.4 is 0 Å². The molecule has 0 aliphatic rings. The summed E-state index contributed by atoms with van der Waals surface area (Å²) in [5.41, 5.74) is 0. The van der Waals surface area contributed by atoms with Crippen molar-refractivity contribution in [2.24, 2.45) is 23.7 Å². The molecule has 0 bridgehead atoms. The van der Waals surface area contributed by atoms with Gasteiger partial charge in [-0.25, -0.2) is 9.13 Å². The van der Waals surface area contributed by atoms with Crippen LogP contribution in [0.2, 0.25) is 0 Å². The molecule has 89 heavy (non-hydrogen) atoms. The molecule has 4 unspecified atom stereocenters. The first-order valence-corrected chi connectivity index (χ1v) is 39.2. The van der Waals surface area contributed by atoms with Crippen molar-refractivity contribution in [3.05, 3.63) is 0 Å². The Kier molecular flexibility index (Phi) is 58.5. The number of hydrogen-bond acceptors (Lipinski definition) is 15. The molecule has 0 aromatic carbocycles. The lowest BCUT2D eigenvalue weighted by molar-refractivity contribution is -0.161. The van der Waals surface area contributed by atoms with E-state index >= 15 is 0 Å². The minimum atomic E-state index is -4.95. The molecule has 17 nitrogen and oxygen atoms in total. The zero-order valence-electron chi connectivity index (χ0n) is 58.1. The molecule has 0 amide bonds. The molecule has 6 atom stereocenters. The molecule has 0 saturated carbocycles. The van der Waals surface area contributed by atoms with E-state index in [0.717, 1.165) is 114 Å². The van der Waals surface area contributed by atoms with Gasteiger partial charge in [0.1, 0.15) is 19.3 Å². The van der Waals surface area contributed by atoms with Crippen molar-refractivity contribution in [2.45, 2.75) is 363 Å². The number of aliphatic hydroxyl groups is 1. The second kappa shape index (κ2) is 59.8. The summed E-state index contributed by atoms with van der Waals surface area (Å²) in [4.78, 5) is 72.5. The number of carbonyl (C=O) groups is 4. The molecule has 3 N–H and O–H groups in total. The van der Waals surface area contributed by atoms with Crippen LogP contribution in [0.1, 0.15) is 344 Å². The van der Waals surface area contributed by atoms with E-state index in [1.165, 1.54) is 141 Å². The van der Waals surface area contributed by atoms with E-state index in [-0.39, 0.29) is 25.7 Å². The molecule has 0 aliphatic carbocycles. The van der Waals surface area contributed by atoms with Crippen LogP contribution in [0, 0.1) is 23.7 Å². The van der Waals surface area contributed by atoms with E-state index < -0.39 is 97.5 Å². The minimum Gasteiger partial charge on any atom is -0.462 e. The highest BCUT2D eigenvalue weighted by Crippen LogP contribution is 2.45. The van der Waals surface area contributed by atoms with Crippen molar-refractivity contribution in [2.75, 3.05) is 39.6 Å². The SMILES string of the molecule is CCC(C)CCCCCCCCCCC(=O)OC[C@H](COP(=O)(O)OCC(O)COP(=O)(O)OC[C@@H](COC(=O)CCCCCCCCCC(C)C)OC(=O)CCCCCCCCCCCCC(C)C)OC(=O)CCCCCCCCCCCCCC(C)C. The average molecular weight is 1310 g/mol. The summed E-state index contributed by atoms with van der Waals surface area (Å²) in [6.07, 6.45) is 41.7. The lowest BCUT2D eigenvalue weighted by Gasteiger charge is -2.21. The molecule has 19 heteroatoms. The molecule has 0 radical (unpaired) electrons. The third-order valence-electron chi connectivity index (χ3n) is 16.4. The predicted molar refractivity (Wildman–Crippen MR) is 358 cm³/mol. The van der Waals surface area contributed by atoms with Crippen molar-refractivity contribution in [3.8, 4) is 0 Å². The van der Waals surface area contributed by atoms with Crippen molar-refractivity contribution in [1.82, 2.24) is 0 Å². The van der Waals surface area contributed by atoms with Crippen LogP contribution >= 0.6 is 15.6 Å². The highest BCUT2D eigenvalue weighted by molar-refractivity contribution is 7.47. The molecule has 0 heterocycles. The van der Waals surface area contributed by atoms with Crippen LogP contribution in [0.15, 0.2) is 0 Å². The van der Waals surface area contributed by atoms with E-state index in [9.17, 15) is 43.2 Å². The minimum absolute atomic E-state index is 0.105. The Bertz CT molecular complexity index is 1770. The van der Waals surface area contributed by atoms with Crippen LogP contribution in [0.5, 0.6) is 0 Å². The summed E-state index contributed by atoms with van der Waals surface area (Å²) in [5, 5.41) is 10.6. The third kappa shape index (κ3) is 63.2. The van der Waals surface area contributed by atoms with Gasteiger partial charge in [0.2, 0.25) is 0 Å². The van der Waals surface area contributed by atoms with E-state index in [0.29, 0.717) is 31.6 Å². The van der Waals surface area contributed by atoms with Crippen molar-refractivity contribution in [1.29, 1.82) is 0 Å². The molecule has 0 saturated heterocycles. The third-order valence-corrected chi connectivity index (χ3v) is 18.3. The van der Waals surface area contributed by atoms with Gasteiger partial charge in [-0.1, -0.05) is 293 Å². The largest absolute Gasteiger partial charge is 0.472 e. The second-order valence-electron chi connectivity index (χ2n) is 26.9. The van der Waals surface area contributed by atoms with E-state index in [4.69, 9.17) is 37.0 Å². The summed E-state index contributed by atoms with van der Waals surface area (Å²) in [6.45, 7) is 14.1. The van der Waals surface area contributed by atoms with Gasteiger partial charge in [-0.3, -0.25) is 37.3 Å². The summed E-state index contributed by atoms with van der Waals surface area (Å²) >= 11 is 0. The maximum absolute atomic E-state index is 13.0. The molecule has 0 spiro atoms. The first-order chi connectivity index (χ1) is 42.6. The number of phosphoric acid groups is 2. The topological polar surface area (TPSA) is 237 Å². The normalized spacial score (nSPS) is 14.6. The van der Waals surface area contributed by atoms with Gasteiger partial charge in [0.05, 0.1) is 26.4 Å². The number of ether oxygens (including phenoxy) is 4. The highest BCUT2D eigenvalue weighted by atomic mass is 31.2. The van der Waals surface area contributed by atoms with Gasteiger partial charge in [0.15, 0.2) is 12.2 Å². The first-order valence-electron chi connectivity index (χ1n) is 36.2. The predicted octanol–water partition coefficient (Wildman–Crippen LogP) is 19.7. The maximum atomic E-state index is 13.0. The fourth-order valence-corrected chi connectivity index (χ4v) is 12.0. The van der Waals surface area contributed by atoms with E-state index in [1.807, 2.05) is 0 Å². The van der Waals surface area contributed by atoms with Gasteiger partial charge >= 0.3 is 39.5 Å². The monoisotopic (exact) mass is 1310 g/mol. The van der Waals surface area contributed by atoms with Crippen LogP contribution in [-0.2, 0) is 65.4 Å². The smallest absolute Gasteiger partial charge is 0.462 e. The standard InChI is InChI=1S/C70H136O17P2/c1-9-63(8)49-41-33-25-19-20-26-34-42-50-67(72)80-56-65(86-69(74)52-44-36-27-17-12-10-11-15-22-30-38-46-60(2)3)58-84-88(76,77)82-54-64(71)55-83-89(78,79)85-59-66(57-81-68(73)51-43-35-29-21-24-32-40-48-62(6)7)87-70(75)53-45-37-28-18-14-13-16-23-31-39-47-61(4)5/h60-66,71H,9-59H2,1-8H3,(H,76,77)(H,78,79)/t63?,64?,65-,66-/m1/s1. The van der Waals surface area contributed by atoms with Crippen molar-refractivity contribution >= 4 is 39.5 Å². The Hall–Kier alpha value is -1.94. The lowest BCUT2D eigenvalue weighted by Crippen LogP contribution is -2.30. The molecule has 0 aromatic heterocycles. The van der Waals surface area contributed by atoms with E-state index in [1.54, 1.807) is 0 Å². The number of hydrogen-bond donors (Lipinski definition) is 3. The molecular formula is C70H136O17P2. The van der Waals surface area contributed by atoms with E-state index in [2.05, 4.69) is 55.4 Å². The summed E-state index contributed by atoms with van der Waals surface area (Å²) in [6, 6.07) is 0. The van der Waals surface area contributed by atoms with Gasteiger partial charge in [0, 0.05) is 25.7 Å². The second-order valence-corrected chi connectivity index (χ2v) is 29.8. The number of phosphoric ester groups is 2. The summed E-state index contributed by atoms with van der Waals surface area (Å²) < 4.78 is 68.3. The summed E-state index contributed by atoms with van der Waals surface area (Å²) in [7, 11) is -9.90. The van der Waals surface area contributed by atoms with Gasteiger partial charge in [-0.05, 0) is 49.4 Å². The first kappa shape index (κ1) is 87.1. The zero-order valence-corrected chi connectivity index (χ0v) is 59.8. The number of carbonyl (C=O) groups excluding carboxylic acids is 4. The highest BCUT2D eigenvalue weighted by Gasteiger charge is 2.30. The van der Waals surface area contributed by atoms with Gasteiger partial charge in [-0.15, -0.1) is 0 Å². The lowest BCUT2D eigenvalue weighted by atomic mass is 9.99. The quantitative estimate of drug-likeness (QED) is 0.0222. The van der Waals surface area contributed by atoms with Gasteiger partial charge in [-0.2, -0.15) is 0 Å². The fourth-order valence-electron chi connectivity index (χ4n) is 10.5. The Morgan fingerprint density at radius 3 is 0.798 bits per heavy atom. The molecule has 528 valence electrons. The molecular weight excluding hydrogens is 1170 g/mol. The van der Waals surface area contributed by atoms with Crippen molar-refractivity contribution in [3.63, 3.8) is 0 Å². The number of esters is 4. The zero-order chi connectivity index (χ0) is 66.1. The van der Waals surface area contributed by atoms with Crippen LogP contribution in [0.3, 0.4) is 0 Å². The van der Waals surface area contributed by atoms with Crippen LogP contribution in [-0.4, -0.2) is 96.7 Å². The van der Waals surface area contributed by atoms with Gasteiger partial charge in [0.25, 0.3) is 0 Å². The number of unbranched alkanes of at least 4 members (excludes halogenated alkanes) is 32.